The van der Waals surface area contributed by atoms with E-state index in [1.807, 2.05) is 59.5 Å². The zero-order chi connectivity index (χ0) is 28.6. The fourth-order valence-electron chi connectivity index (χ4n) is 6.03. The largest absolute Gasteiger partial charge is 0.382 e. The van der Waals surface area contributed by atoms with Crippen molar-refractivity contribution in [2.75, 3.05) is 41.3 Å². The van der Waals surface area contributed by atoms with E-state index in [-0.39, 0.29) is 12.1 Å². The topological polar surface area (TPSA) is 74.6 Å². The van der Waals surface area contributed by atoms with E-state index in [9.17, 15) is 4.79 Å². The number of rotatable bonds is 8. The summed E-state index contributed by atoms with van der Waals surface area (Å²) in [5, 5.41) is 15.9. The van der Waals surface area contributed by atoms with Crippen LogP contribution in [0.1, 0.15) is 50.7 Å². The van der Waals surface area contributed by atoms with Crippen molar-refractivity contribution in [3.8, 4) is 6.07 Å². The van der Waals surface area contributed by atoms with Crippen LogP contribution in [0.5, 0.6) is 0 Å². The number of nitrogens with one attached hydrogen (secondary N) is 2. The highest BCUT2D eigenvalue weighted by Crippen LogP contribution is 2.31. The summed E-state index contributed by atoms with van der Waals surface area (Å²) >= 11 is 0. The third kappa shape index (κ3) is 7.39. The molecule has 1 saturated carbocycles. The molecular formula is C34H42N6O. The maximum atomic E-state index is 13.7. The lowest BCUT2D eigenvalue weighted by molar-refractivity contribution is 0.209. The first-order chi connectivity index (χ1) is 20.0. The zero-order valence-electron chi connectivity index (χ0n) is 24.3. The molecule has 1 saturated heterocycles. The van der Waals surface area contributed by atoms with E-state index in [2.05, 4.69) is 64.6 Å². The summed E-state index contributed by atoms with van der Waals surface area (Å²) in [6, 6.07) is 29.5. The fourth-order valence-corrected chi connectivity index (χ4v) is 6.03. The van der Waals surface area contributed by atoms with Gasteiger partial charge in [-0.25, -0.2) is 4.79 Å². The van der Waals surface area contributed by atoms with Crippen LogP contribution in [0.15, 0.2) is 78.9 Å². The van der Waals surface area contributed by atoms with Gasteiger partial charge in [0.2, 0.25) is 0 Å². The van der Waals surface area contributed by atoms with Crippen molar-refractivity contribution in [3.63, 3.8) is 0 Å². The predicted octanol–water partition coefficient (Wildman–Crippen LogP) is 6.23. The molecule has 1 heterocycles. The fraction of sp³-hybridized carbons (Fsp3) is 0.412. The highest BCUT2D eigenvalue weighted by atomic mass is 16.2. The molecule has 0 aromatic heterocycles. The summed E-state index contributed by atoms with van der Waals surface area (Å²) in [6.45, 7) is 9.23. The van der Waals surface area contributed by atoms with E-state index >= 15 is 0 Å². The minimum absolute atomic E-state index is 0.0457. The molecule has 7 heteroatoms. The molecule has 0 radical (unpaired) electrons. The zero-order valence-corrected chi connectivity index (χ0v) is 24.3. The number of piperazine rings is 1. The van der Waals surface area contributed by atoms with Crippen LogP contribution in [0.2, 0.25) is 0 Å². The highest BCUT2D eigenvalue weighted by Gasteiger charge is 2.30. The van der Waals surface area contributed by atoms with Gasteiger partial charge in [0.25, 0.3) is 0 Å². The third-order valence-corrected chi connectivity index (χ3v) is 8.49. The molecule has 0 bridgehead atoms. The number of anilines is 3. The van der Waals surface area contributed by atoms with Crippen LogP contribution in [-0.4, -0.2) is 55.2 Å². The lowest BCUT2D eigenvalue weighted by Gasteiger charge is -2.39. The number of amides is 2. The number of hydrogen-bond acceptors (Lipinski definition) is 5. The van der Waals surface area contributed by atoms with Crippen LogP contribution in [0, 0.1) is 11.3 Å². The Morgan fingerprint density at radius 2 is 1.56 bits per heavy atom. The second-order valence-electron chi connectivity index (χ2n) is 11.5. The van der Waals surface area contributed by atoms with Crippen LogP contribution < -0.4 is 20.4 Å². The Morgan fingerprint density at radius 3 is 2.17 bits per heavy atom. The summed E-state index contributed by atoms with van der Waals surface area (Å²) in [5.41, 5.74) is 4.96. The molecule has 2 N–H and O–H groups in total. The van der Waals surface area contributed by atoms with E-state index in [0.29, 0.717) is 24.2 Å². The molecule has 2 amide bonds. The van der Waals surface area contributed by atoms with Crippen LogP contribution in [0.4, 0.5) is 21.9 Å². The number of carbonyl (C=O) groups excluding carboxylic acids is 1. The third-order valence-electron chi connectivity index (χ3n) is 8.49. The van der Waals surface area contributed by atoms with Crippen molar-refractivity contribution in [1.82, 2.24) is 10.2 Å². The van der Waals surface area contributed by atoms with Gasteiger partial charge in [-0.2, -0.15) is 5.26 Å². The molecule has 3 aromatic rings. The first-order valence-electron chi connectivity index (χ1n) is 15.0. The second kappa shape index (κ2) is 13.6. The first kappa shape index (κ1) is 28.5. The van der Waals surface area contributed by atoms with Gasteiger partial charge in [-0.1, -0.05) is 30.3 Å². The average Bonchev–Trinajstić information content (AvgIpc) is 3.02. The maximum Gasteiger partial charge on any atom is 0.322 e. The van der Waals surface area contributed by atoms with Gasteiger partial charge in [0.1, 0.15) is 0 Å². The Labute approximate surface area is 244 Å². The molecule has 2 fully saturated rings. The van der Waals surface area contributed by atoms with Crippen molar-refractivity contribution in [2.45, 2.75) is 64.2 Å². The molecule has 0 spiro atoms. The molecule has 3 aromatic carbocycles. The van der Waals surface area contributed by atoms with Gasteiger partial charge in [-0.3, -0.25) is 9.80 Å². The number of nitrogens with zero attached hydrogens (tertiary/aromatic N) is 4. The van der Waals surface area contributed by atoms with E-state index < -0.39 is 0 Å². The van der Waals surface area contributed by atoms with E-state index in [0.717, 1.165) is 68.8 Å². The van der Waals surface area contributed by atoms with Crippen LogP contribution >= 0.6 is 0 Å². The van der Waals surface area contributed by atoms with Gasteiger partial charge in [0, 0.05) is 67.9 Å². The molecule has 214 valence electrons. The normalized spacial score (nSPS) is 19.4. The van der Waals surface area contributed by atoms with Gasteiger partial charge in [0.15, 0.2) is 0 Å². The van der Waals surface area contributed by atoms with E-state index in [4.69, 9.17) is 5.26 Å². The standard InChI is InChI=1S/C34H42N6O/c1-26(2)38-20-22-39(23-21-38)31-16-18-33(19-17-31)40(34(41)36-25-28-6-4-3-5-7-28)32-14-12-30(13-15-32)37-29-10-8-27(24-35)9-11-29/h3-11,16-19,26,30,32,37H,12-15,20-23,25H2,1-2H3,(H,36,41). The van der Waals surface area contributed by atoms with Gasteiger partial charge in [-0.05, 0) is 93.6 Å². The van der Waals surface area contributed by atoms with Crippen LogP contribution in [-0.2, 0) is 6.54 Å². The molecule has 7 nitrogen and oxygen atoms in total. The van der Waals surface area contributed by atoms with E-state index in [1.165, 1.54) is 5.69 Å². The van der Waals surface area contributed by atoms with Crippen molar-refractivity contribution in [1.29, 1.82) is 5.26 Å². The molecule has 5 rings (SSSR count). The summed E-state index contributed by atoms with van der Waals surface area (Å²) < 4.78 is 0. The lowest BCUT2D eigenvalue weighted by atomic mass is 9.89. The van der Waals surface area contributed by atoms with Crippen molar-refractivity contribution >= 4 is 23.1 Å². The van der Waals surface area contributed by atoms with Crippen molar-refractivity contribution < 1.29 is 4.79 Å². The minimum atomic E-state index is -0.0457. The smallest absolute Gasteiger partial charge is 0.322 e. The minimum Gasteiger partial charge on any atom is -0.382 e. The molecule has 41 heavy (non-hydrogen) atoms. The van der Waals surface area contributed by atoms with Crippen LogP contribution in [0.3, 0.4) is 0 Å². The Morgan fingerprint density at radius 1 is 0.902 bits per heavy atom. The Kier molecular flexibility index (Phi) is 9.43. The SMILES string of the molecule is CC(C)N1CCN(c2ccc(N(C(=O)NCc3ccccc3)C3CCC(Nc4ccc(C#N)cc4)CC3)cc2)CC1. The maximum absolute atomic E-state index is 13.7. The van der Waals surface area contributed by atoms with Crippen LogP contribution in [0.25, 0.3) is 0 Å². The molecule has 0 atom stereocenters. The van der Waals surface area contributed by atoms with Crippen molar-refractivity contribution in [2.24, 2.45) is 0 Å². The van der Waals surface area contributed by atoms with Gasteiger partial charge < -0.3 is 15.5 Å². The number of nitriles is 1. The summed E-state index contributed by atoms with van der Waals surface area (Å²) in [6.07, 6.45) is 3.80. The molecular weight excluding hydrogens is 508 g/mol. The Hall–Kier alpha value is -4.02. The molecule has 1 aliphatic carbocycles. The number of carbonyl (C=O) groups is 1. The monoisotopic (exact) mass is 550 g/mol. The quantitative estimate of drug-likeness (QED) is 0.348. The van der Waals surface area contributed by atoms with Gasteiger partial charge in [0.05, 0.1) is 11.6 Å². The number of urea groups is 1. The molecule has 0 unspecified atom stereocenters. The summed E-state index contributed by atoms with van der Waals surface area (Å²) in [4.78, 5) is 20.7. The summed E-state index contributed by atoms with van der Waals surface area (Å²) in [7, 11) is 0. The Bertz CT molecular complexity index is 1290. The molecule has 1 aliphatic heterocycles. The summed E-state index contributed by atoms with van der Waals surface area (Å²) in [5.74, 6) is 0. The second-order valence-corrected chi connectivity index (χ2v) is 11.5. The Balaban J connectivity index is 1.26. The first-order valence-corrected chi connectivity index (χ1v) is 15.0. The number of benzene rings is 3. The molecule has 2 aliphatic rings. The van der Waals surface area contributed by atoms with Gasteiger partial charge >= 0.3 is 6.03 Å². The highest BCUT2D eigenvalue weighted by molar-refractivity contribution is 5.92. The average molecular weight is 551 g/mol. The predicted molar refractivity (Wildman–Crippen MR) is 167 cm³/mol. The van der Waals surface area contributed by atoms with Crippen molar-refractivity contribution in [3.05, 3.63) is 90.0 Å². The number of hydrogen-bond donors (Lipinski definition) is 2. The van der Waals surface area contributed by atoms with Gasteiger partial charge in [-0.15, -0.1) is 0 Å². The lowest BCUT2D eigenvalue weighted by Crippen LogP contribution is -2.49. The van der Waals surface area contributed by atoms with E-state index in [1.54, 1.807) is 0 Å².